The van der Waals surface area contributed by atoms with Crippen molar-refractivity contribution in [3.8, 4) is 6.01 Å². The number of halogens is 1. The van der Waals surface area contributed by atoms with Crippen molar-refractivity contribution in [3.05, 3.63) is 5.28 Å². The van der Waals surface area contributed by atoms with Gasteiger partial charge in [0.15, 0.2) is 0 Å². The van der Waals surface area contributed by atoms with E-state index in [1.54, 1.807) is 0 Å². The number of aromatic nitrogens is 3. The fourth-order valence-electron chi connectivity index (χ4n) is 1.54. The van der Waals surface area contributed by atoms with E-state index in [0.717, 1.165) is 13.0 Å². The average Bonchev–Trinajstić information content (AvgIpc) is 2.23. The van der Waals surface area contributed by atoms with Crippen LogP contribution in [0.25, 0.3) is 0 Å². The number of ether oxygens (including phenoxy) is 1. The first-order chi connectivity index (χ1) is 8.43. The molecule has 0 N–H and O–H groups in total. The molecule has 0 spiro atoms. The van der Waals surface area contributed by atoms with Crippen LogP contribution >= 0.6 is 11.6 Å². The summed E-state index contributed by atoms with van der Waals surface area (Å²) < 4.78 is 5.47. The first-order valence-electron chi connectivity index (χ1n) is 6.28. The van der Waals surface area contributed by atoms with Crippen LogP contribution in [0, 0.1) is 0 Å². The highest BCUT2D eigenvalue weighted by molar-refractivity contribution is 6.28. The van der Waals surface area contributed by atoms with Crippen LogP contribution in [-0.2, 0) is 0 Å². The van der Waals surface area contributed by atoms with E-state index in [1.165, 1.54) is 0 Å². The minimum absolute atomic E-state index is 0.00925. The molecule has 0 aliphatic carbocycles. The summed E-state index contributed by atoms with van der Waals surface area (Å²) in [5, 5.41) is 0.164. The second-order valence-corrected chi connectivity index (χ2v) is 4.98. The van der Waals surface area contributed by atoms with Crippen molar-refractivity contribution < 1.29 is 4.74 Å². The smallest absolute Gasteiger partial charge is 0.322 e. The molecule has 0 aliphatic heterocycles. The normalized spacial score (nSPS) is 11.1. The number of rotatable bonds is 6. The van der Waals surface area contributed by atoms with Gasteiger partial charge >= 0.3 is 6.01 Å². The van der Waals surface area contributed by atoms with E-state index in [0.29, 0.717) is 12.0 Å². The molecule has 0 saturated heterocycles. The largest absolute Gasteiger partial charge is 0.461 e. The Bertz CT molecular complexity index is 384. The van der Waals surface area contributed by atoms with Crippen LogP contribution in [-0.4, -0.2) is 33.6 Å². The third-order valence-electron chi connectivity index (χ3n) is 2.26. The standard InChI is InChI=1S/C12H21ClN4O/c1-6-7-17(8(2)3)11-14-10(13)15-12(16-11)18-9(4)5/h8-9H,6-7H2,1-5H3. The van der Waals surface area contributed by atoms with Gasteiger partial charge in [-0.05, 0) is 45.7 Å². The molecule has 0 saturated carbocycles. The van der Waals surface area contributed by atoms with Crippen molar-refractivity contribution in [2.24, 2.45) is 0 Å². The Morgan fingerprint density at radius 2 is 1.83 bits per heavy atom. The zero-order valence-corrected chi connectivity index (χ0v) is 12.4. The van der Waals surface area contributed by atoms with Crippen LogP contribution in [0.2, 0.25) is 5.28 Å². The Kier molecular flexibility index (Phi) is 5.59. The van der Waals surface area contributed by atoms with E-state index >= 15 is 0 Å². The molecule has 6 heteroatoms. The van der Waals surface area contributed by atoms with Gasteiger partial charge in [-0.1, -0.05) is 6.92 Å². The number of hydrogen-bond acceptors (Lipinski definition) is 5. The molecule has 0 radical (unpaired) electrons. The lowest BCUT2D eigenvalue weighted by molar-refractivity contribution is 0.221. The SMILES string of the molecule is CCCN(c1nc(Cl)nc(OC(C)C)n1)C(C)C. The Hall–Kier alpha value is -1.10. The van der Waals surface area contributed by atoms with E-state index in [-0.39, 0.29) is 17.4 Å². The lowest BCUT2D eigenvalue weighted by Crippen LogP contribution is -2.33. The summed E-state index contributed by atoms with van der Waals surface area (Å²) in [7, 11) is 0. The quantitative estimate of drug-likeness (QED) is 0.797. The average molecular weight is 273 g/mol. The van der Waals surface area contributed by atoms with Crippen molar-refractivity contribution in [3.63, 3.8) is 0 Å². The lowest BCUT2D eigenvalue weighted by Gasteiger charge is -2.26. The van der Waals surface area contributed by atoms with Gasteiger partial charge in [0.25, 0.3) is 0 Å². The van der Waals surface area contributed by atoms with Crippen molar-refractivity contribution in [1.29, 1.82) is 0 Å². The van der Waals surface area contributed by atoms with Gasteiger partial charge in [0.05, 0.1) is 6.10 Å². The predicted molar refractivity (Wildman–Crippen MR) is 73.4 cm³/mol. The number of nitrogens with zero attached hydrogens (tertiary/aromatic N) is 4. The molecule has 5 nitrogen and oxygen atoms in total. The highest BCUT2D eigenvalue weighted by atomic mass is 35.5. The minimum Gasteiger partial charge on any atom is -0.461 e. The first-order valence-corrected chi connectivity index (χ1v) is 6.66. The third-order valence-corrected chi connectivity index (χ3v) is 2.43. The first kappa shape index (κ1) is 15.0. The van der Waals surface area contributed by atoms with Gasteiger partial charge in [-0.25, -0.2) is 0 Å². The van der Waals surface area contributed by atoms with Crippen LogP contribution < -0.4 is 9.64 Å². The monoisotopic (exact) mass is 272 g/mol. The molecule has 1 aromatic rings. The highest BCUT2D eigenvalue weighted by Gasteiger charge is 2.16. The molecule has 1 aromatic heterocycles. The summed E-state index contributed by atoms with van der Waals surface area (Å²) in [5.41, 5.74) is 0. The second kappa shape index (κ2) is 6.73. The fraction of sp³-hybridized carbons (Fsp3) is 0.750. The molecule has 0 bridgehead atoms. The molecule has 0 fully saturated rings. The van der Waals surface area contributed by atoms with Gasteiger partial charge in [-0.2, -0.15) is 15.0 Å². The number of hydrogen-bond donors (Lipinski definition) is 0. The van der Waals surface area contributed by atoms with Crippen molar-refractivity contribution in [2.75, 3.05) is 11.4 Å². The van der Waals surface area contributed by atoms with E-state index < -0.39 is 0 Å². The minimum atomic E-state index is 0.00925. The van der Waals surface area contributed by atoms with Gasteiger partial charge in [0.1, 0.15) is 0 Å². The Balaban J connectivity index is 3.02. The van der Waals surface area contributed by atoms with Crippen molar-refractivity contribution in [1.82, 2.24) is 15.0 Å². The van der Waals surface area contributed by atoms with Gasteiger partial charge in [0, 0.05) is 12.6 Å². The Morgan fingerprint density at radius 1 is 1.17 bits per heavy atom. The van der Waals surface area contributed by atoms with Crippen molar-refractivity contribution in [2.45, 2.75) is 53.2 Å². The molecule has 1 rings (SSSR count). The highest BCUT2D eigenvalue weighted by Crippen LogP contribution is 2.18. The third kappa shape index (κ3) is 4.29. The van der Waals surface area contributed by atoms with E-state index in [9.17, 15) is 0 Å². The maximum Gasteiger partial charge on any atom is 0.322 e. The topological polar surface area (TPSA) is 51.1 Å². The van der Waals surface area contributed by atoms with E-state index in [2.05, 4.69) is 40.6 Å². The summed E-state index contributed by atoms with van der Waals surface area (Å²) in [6.07, 6.45) is 1.02. The van der Waals surface area contributed by atoms with Gasteiger partial charge in [-0.15, -0.1) is 0 Å². The molecule has 102 valence electrons. The Morgan fingerprint density at radius 3 is 2.33 bits per heavy atom. The number of anilines is 1. The summed E-state index contributed by atoms with van der Waals surface area (Å²) in [5.74, 6) is 0.572. The molecular weight excluding hydrogens is 252 g/mol. The lowest BCUT2D eigenvalue weighted by atomic mass is 10.3. The molecule has 1 heterocycles. The summed E-state index contributed by atoms with van der Waals surface area (Å²) in [4.78, 5) is 14.5. The van der Waals surface area contributed by atoms with Gasteiger partial charge in [0.2, 0.25) is 11.2 Å². The second-order valence-electron chi connectivity index (χ2n) is 4.64. The summed E-state index contributed by atoms with van der Waals surface area (Å²) in [6, 6.07) is 0.581. The molecule has 0 amide bonds. The van der Waals surface area contributed by atoms with Crippen LogP contribution in [0.15, 0.2) is 0 Å². The van der Waals surface area contributed by atoms with Crippen LogP contribution in [0.3, 0.4) is 0 Å². The molecule has 0 aliphatic rings. The fourth-order valence-corrected chi connectivity index (χ4v) is 1.69. The van der Waals surface area contributed by atoms with E-state index in [1.807, 2.05) is 13.8 Å². The van der Waals surface area contributed by atoms with E-state index in [4.69, 9.17) is 16.3 Å². The van der Waals surface area contributed by atoms with Crippen LogP contribution in [0.4, 0.5) is 5.95 Å². The predicted octanol–water partition coefficient (Wildman–Crippen LogP) is 2.94. The molecule has 0 atom stereocenters. The molecular formula is C12H21ClN4O. The summed E-state index contributed by atoms with van der Waals surface area (Å²) >= 11 is 5.91. The molecule has 0 unspecified atom stereocenters. The van der Waals surface area contributed by atoms with Gasteiger partial charge < -0.3 is 9.64 Å². The Labute approximate surface area is 114 Å². The van der Waals surface area contributed by atoms with Gasteiger partial charge in [-0.3, -0.25) is 0 Å². The maximum absolute atomic E-state index is 5.91. The molecule has 18 heavy (non-hydrogen) atoms. The zero-order valence-electron chi connectivity index (χ0n) is 11.6. The zero-order chi connectivity index (χ0) is 13.7. The maximum atomic E-state index is 5.91. The molecule has 0 aromatic carbocycles. The van der Waals surface area contributed by atoms with Crippen molar-refractivity contribution >= 4 is 17.5 Å². The van der Waals surface area contributed by atoms with Crippen LogP contribution in [0.5, 0.6) is 6.01 Å². The van der Waals surface area contributed by atoms with Crippen LogP contribution in [0.1, 0.15) is 41.0 Å². The summed E-state index contributed by atoms with van der Waals surface area (Å²) in [6.45, 7) is 11.0.